The van der Waals surface area contributed by atoms with Gasteiger partial charge in [0.1, 0.15) is 5.84 Å². The first kappa shape index (κ1) is 26.7. The summed E-state index contributed by atoms with van der Waals surface area (Å²) in [6.45, 7) is 1.79. The third-order valence-corrected chi connectivity index (χ3v) is 6.98. The monoisotopic (exact) mass is 536 g/mol. The lowest BCUT2D eigenvalue weighted by atomic mass is 9.95. The van der Waals surface area contributed by atoms with Gasteiger partial charge in [-0.2, -0.15) is 0 Å². The molecule has 3 aromatic carbocycles. The Hall–Kier alpha value is -3.35. The first-order chi connectivity index (χ1) is 17.7. The van der Waals surface area contributed by atoms with Crippen molar-refractivity contribution in [2.75, 3.05) is 37.4 Å². The summed E-state index contributed by atoms with van der Waals surface area (Å²) in [4.78, 5) is 30.6. The van der Waals surface area contributed by atoms with Gasteiger partial charge in [-0.15, -0.1) is 0 Å². The highest BCUT2D eigenvalue weighted by Crippen LogP contribution is 2.30. The molecule has 1 fully saturated rings. The number of halogens is 2. The van der Waals surface area contributed by atoms with Crippen LogP contribution in [0.4, 0.5) is 11.4 Å². The van der Waals surface area contributed by atoms with Crippen LogP contribution in [0, 0.1) is 5.41 Å². The quantitative estimate of drug-likeness (QED) is 0.204. The lowest BCUT2D eigenvalue weighted by Crippen LogP contribution is -2.35. The van der Waals surface area contributed by atoms with Gasteiger partial charge in [0, 0.05) is 71.7 Å². The molecule has 1 aliphatic heterocycles. The van der Waals surface area contributed by atoms with Crippen LogP contribution in [0.1, 0.15) is 51.1 Å². The molecule has 8 heteroatoms. The van der Waals surface area contributed by atoms with E-state index in [0.29, 0.717) is 43.9 Å². The SMILES string of the molecule is CN(C)c1cc(Cl)cc(C(=O)Nc2ccc(Cl)cc2)c1CC(=O)c1ccc(C(=N)N2CCCCC2)cc1. The van der Waals surface area contributed by atoms with Crippen LogP contribution in [0.3, 0.4) is 0 Å². The van der Waals surface area contributed by atoms with Gasteiger partial charge in [-0.3, -0.25) is 15.0 Å². The molecule has 0 radical (unpaired) electrons. The van der Waals surface area contributed by atoms with Crippen molar-refractivity contribution >= 4 is 52.1 Å². The summed E-state index contributed by atoms with van der Waals surface area (Å²) < 4.78 is 0. The Morgan fingerprint density at radius 1 is 0.892 bits per heavy atom. The molecule has 1 heterocycles. The van der Waals surface area contributed by atoms with E-state index >= 15 is 0 Å². The lowest BCUT2D eigenvalue weighted by molar-refractivity contribution is 0.0992. The lowest BCUT2D eigenvalue weighted by Gasteiger charge is -2.29. The second-order valence-electron chi connectivity index (χ2n) is 9.38. The molecule has 0 aliphatic carbocycles. The van der Waals surface area contributed by atoms with Gasteiger partial charge in [0.25, 0.3) is 5.91 Å². The predicted molar refractivity (Wildman–Crippen MR) is 152 cm³/mol. The molecule has 0 unspecified atom stereocenters. The predicted octanol–water partition coefficient (Wildman–Crippen LogP) is 6.55. The van der Waals surface area contributed by atoms with E-state index in [1.807, 2.05) is 31.1 Å². The summed E-state index contributed by atoms with van der Waals surface area (Å²) in [5.74, 6) is 0.00974. The summed E-state index contributed by atoms with van der Waals surface area (Å²) >= 11 is 12.3. The number of hydrogen-bond acceptors (Lipinski definition) is 4. The number of likely N-dealkylation sites (tertiary alicyclic amines) is 1. The van der Waals surface area contributed by atoms with Crippen LogP contribution < -0.4 is 10.2 Å². The van der Waals surface area contributed by atoms with E-state index in [0.717, 1.165) is 31.5 Å². The molecular formula is C29H30Cl2N4O2. The first-order valence-corrected chi connectivity index (χ1v) is 13.0. The molecule has 1 aliphatic rings. The van der Waals surface area contributed by atoms with Crippen molar-refractivity contribution in [3.05, 3.63) is 93.0 Å². The highest BCUT2D eigenvalue weighted by Gasteiger charge is 2.22. The summed E-state index contributed by atoms with van der Waals surface area (Å²) in [7, 11) is 3.70. The molecule has 4 rings (SSSR count). The number of carbonyl (C=O) groups excluding carboxylic acids is 2. The first-order valence-electron chi connectivity index (χ1n) is 12.3. The third kappa shape index (κ3) is 6.51. The molecule has 0 aromatic heterocycles. The number of anilines is 2. The third-order valence-electron chi connectivity index (χ3n) is 6.51. The van der Waals surface area contributed by atoms with Crippen molar-refractivity contribution in [1.82, 2.24) is 4.90 Å². The topological polar surface area (TPSA) is 76.5 Å². The van der Waals surface area contributed by atoms with Crippen molar-refractivity contribution in [3.8, 4) is 0 Å². The van der Waals surface area contributed by atoms with E-state index in [-0.39, 0.29) is 18.1 Å². The molecule has 0 atom stereocenters. The van der Waals surface area contributed by atoms with Gasteiger partial charge in [-0.05, 0) is 61.2 Å². The maximum atomic E-state index is 13.4. The Kier molecular flexibility index (Phi) is 8.52. The van der Waals surface area contributed by atoms with Crippen molar-refractivity contribution in [1.29, 1.82) is 5.41 Å². The van der Waals surface area contributed by atoms with Gasteiger partial charge in [0.05, 0.1) is 0 Å². The number of carbonyl (C=O) groups is 2. The molecular weight excluding hydrogens is 507 g/mol. The van der Waals surface area contributed by atoms with Gasteiger partial charge >= 0.3 is 0 Å². The summed E-state index contributed by atoms with van der Waals surface area (Å²) in [5.41, 5.74) is 3.54. The average Bonchev–Trinajstić information content (AvgIpc) is 2.90. The molecule has 3 aromatic rings. The summed E-state index contributed by atoms with van der Waals surface area (Å²) in [6, 6.07) is 17.3. The number of ketones is 1. The van der Waals surface area contributed by atoms with Gasteiger partial charge in [-0.25, -0.2) is 0 Å². The highest BCUT2D eigenvalue weighted by molar-refractivity contribution is 6.31. The number of rotatable bonds is 7. The molecule has 192 valence electrons. The van der Waals surface area contributed by atoms with E-state index in [9.17, 15) is 9.59 Å². The van der Waals surface area contributed by atoms with Gasteiger partial charge in [0.15, 0.2) is 5.78 Å². The summed E-state index contributed by atoms with van der Waals surface area (Å²) in [5, 5.41) is 12.4. The number of hydrogen-bond donors (Lipinski definition) is 2. The van der Waals surface area contributed by atoms with Gasteiger partial charge in [-0.1, -0.05) is 47.5 Å². The van der Waals surface area contributed by atoms with Crippen LogP contribution >= 0.6 is 23.2 Å². The van der Waals surface area contributed by atoms with E-state index < -0.39 is 0 Å². The van der Waals surface area contributed by atoms with Crippen molar-refractivity contribution in [2.24, 2.45) is 0 Å². The number of piperidine rings is 1. The zero-order valence-corrected chi connectivity index (χ0v) is 22.5. The van der Waals surface area contributed by atoms with Crippen molar-refractivity contribution in [2.45, 2.75) is 25.7 Å². The minimum atomic E-state index is -0.360. The molecule has 37 heavy (non-hydrogen) atoms. The second-order valence-corrected chi connectivity index (χ2v) is 10.3. The molecule has 2 N–H and O–H groups in total. The van der Waals surface area contributed by atoms with Crippen molar-refractivity contribution < 1.29 is 9.59 Å². The van der Waals surface area contributed by atoms with Crippen LogP contribution in [-0.2, 0) is 6.42 Å². The second kappa shape index (κ2) is 11.8. The van der Waals surface area contributed by atoms with Crippen LogP contribution in [0.25, 0.3) is 0 Å². The van der Waals surface area contributed by atoms with Gasteiger partial charge < -0.3 is 15.1 Å². The number of nitrogens with zero attached hydrogens (tertiary/aromatic N) is 2. The zero-order chi connectivity index (χ0) is 26.5. The smallest absolute Gasteiger partial charge is 0.256 e. The average molecular weight is 537 g/mol. The maximum absolute atomic E-state index is 13.4. The van der Waals surface area contributed by atoms with Gasteiger partial charge in [0.2, 0.25) is 0 Å². The molecule has 6 nitrogen and oxygen atoms in total. The Labute approximate surface area is 227 Å². The van der Waals surface area contributed by atoms with Crippen LogP contribution in [0.5, 0.6) is 0 Å². The minimum absolute atomic E-state index is 0.0248. The summed E-state index contributed by atoms with van der Waals surface area (Å²) in [6.07, 6.45) is 3.43. The standard InChI is InChI=1S/C29H30Cl2N4O2/c1-34(2)26-17-22(31)16-25(29(37)33-23-12-10-21(30)11-13-23)24(26)18-27(36)19-6-8-20(9-7-19)28(32)35-14-4-3-5-15-35/h6-13,16-17,32H,3-5,14-15,18H2,1-2H3,(H,33,37). The number of nitrogens with one attached hydrogen (secondary N) is 2. The van der Waals surface area contributed by atoms with Crippen molar-refractivity contribution in [3.63, 3.8) is 0 Å². The minimum Gasteiger partial charge on any atom is -0.377 e. The fraction of sp³-hybridized carbons (Fsp3) is 0.276. The Morgan fingerprint density at radius 2 is 1.51 bits per heavy atom. The number of amides is 1. The number of benzene rings is 3. The van der Waals surface area contributed by atoms with E-state index in [1.165, 1.54) is 6.42 Å². The maximum Gasteiger partial charge on any atom is 0.256 e. The Balaban J connectivity index is 1.58. The van der Waals surface area contributed by atoms with Crippen LogP contribution in [0.15, 0.2) is 60.7 Å². The van der Waals surface area contributed by atoms with E-state index in [2.05, 4.69) is 10.2 Å². The number of amidine groups is 1. The molecule has 0 saturated carbocycles. The molecule has 0 spiro atoms. The van der Waals surface area contributed by atoms with Crippen LogP contribution in [0.2, 0.25) is 10.0 Å². The Morgan fingerprint density at radius 3 is 2.14 bits per heavy atom. The normalized spacial score (nSPS) is 13.2. The Bertz CT molecular complexity index is 1300. The molecule has 1 amide bonds. The fourth-order valence-corrected chi connectivity index (χ4v) is 4.86. The van der Waals surface area contributed by atoms with E-state index in [4.69, 9.17) is 28.6 Å². The molecule has 1 saturated heterocycles. The van der Waals surface area contributed by atoms with E-state index in [1.54, 1.807) is 48.5 Å². The highest BCUT2D eigenvalue weighted by atomic mass is 35.5. The largest absolute Gasteiger partial charge is 0.377 e. The van der Waals surface area contributed by atoms with Crippen LogP contribution in [-0.4, -0.2) is 49.6 Å². The fourth-order valence-electron chi connectivity index (χ4n) is 4.52. The molecule has 0 bridgehead atoms. The zero-order valence-electron chi connectivity index (χ0n) is 21.0. The number of Topliss-reactive ketones (excluding diaryl/α,β-unsaturated/α-hetero) is 1.